The number of benzene rings is 3. The van der Waals surface area contributed by atoms with E-state index in [4.69, 9.17) is 9.84 Å². The molecule has 0 radical (unpaired) electrons. The summed E-state index contributed by atoms with van der Waals surface area (Å²) >= 11 is 0. The summed E-state index contributed by atoms with van der Waals surface area (Å²) in [5.74, 6) is -1.18. The molecular weight excluding hydrogens is 845 g/mol. The molecule has 0 spiro atoms. The van der Waals surface area contributed by atoms with Gasteiger partial charge in [-0.3, -0.25) is 18.6 Å². The molecule has 64 heavy (non-hydrogen) atoms. The molecule has 1 unspecified atom stereocenters. The Morgan fingerprint density at radius 3 is 2.36 bits per heavy atom. The molecule has 2 aliphatic rings. The summed E-state index contributed by atoms with van der Waals surface area (Å²) in [6.07, 6.45) is 7.29. The average Bonchev–Trinajstić information content (AvgIpc) is 4.10. The minimum atomic E-state index is -4.47. The van der Waals surface area contributed by atoms with E-state index in [2.05, 4.69) is 29.1 Å². The van der Waals surface area contributed by atoms with Gasteiger partial charge in [-0.2, -0.15) is 28.5 Å². The van der Waals surface area contributed by atoms with Crippen molar-refractivity contribution in [2.45, 2.75) is 76.5 Å². The van der Waals surface area contributed by atoms with Crippen molar-refractivity contribution in [3.8, 4) is 17.2 Å². The molecule has 19 heteroatoms. The van der Waals surface area contributed by atoms with Crippen LogP contribution >= 0.6 is 0 Å². The molecular formula is C45H45F2N11O5S. The first-order valence-electron chi connectivity index (χ1n) is 21.0. The van der Waals surface area contributed by atoms with Gasteiger partial charge in [0, 0.05) is 57.0 Å². The van der Waals surface area contributed by atoms with Gasteiger partial charge in [0.15, 0.2) is 5.82 Å². The molecule has 1 amide bonds. The SMILES string of the molecule is Cc1cc(-n2nc3c(c2-n2ccn(-c4ccc5c(cnn5C)c4F)c2=O)[C@H](C)N(C(=O)c2cc4cc(C5CCOC(C)(C)C5)ccc4n2S(=O)(=O)c2cnn(C)n2)CC3)cc(C)c1F. The summed E-state index contributed by atoms with van der Waals surface area (Å²) < 4.78 is 72.9. The molecule has 0 aliphatic carbocycles. The van der Waals surface area contributed by atoms with E-state index in [9.17, 15) is 13.2 Å². The first-order chi connectivity index (χ1) is 30.4. The number of nitrogens with zero attached hydrogens (tertiary/aromatic N) is 11. The zero-order chi connectivity index (χ0) is 45.1. The summed E-state index contributed by atoms with van der Waals surface area (Å²) in [6.45, 7) is 9.90. The summed E-state index contributed by atoms with van der Waals surface area (Å²) in [7, 11) is -1.26. The Kier molecular flexibility index (Phi) is 9.46. The van der Waals surface area contributed by atoms with Gasteiger partial charge < -0.3 is 9.64 Å². The number of carbonyl (C=O) groups excluding carboxylic acids is 1. The maximum atomic E-state index is 16.1. The van der Waals surface area contributed by atoms with E-state index in [1.54, 1.807) is 67.7 Å². The Hall–Kier alpha value is -6.73. The van der Waals surface area contributed by atoms with Gasteiger partial charge in [0.05, 0.1) is 57.5 Å². The number of halogens is 2. The van der Waals surface area contributed by atoms with Crippen LogP contribution in [0.3, 0.4) is 0 Å². The molecule has 0 N–H and O–H groups in total. The number of aromatic nitrogens is 10. The van der Waals surface area contributed by atoms with E-state index < -0.39 is 33.5 Å². The Morgan fingerprint density at radius 2 is 1.64 bits per heavy atom. The molecule has 7 heterocycles. The second-order valence-corrected chi connectivity index (χ2v) is 19.2. The van der Waals surface area contributed by atoms with E-state index in [0.29, 0.717) is 51.1 Å². The number of fused-ring (bicyclic) bond motifs is 3. The van der Waals surface area contributed by atoms with Gasteiger partial charge in [0.25, 0.3) is 15.9 Å². The van der Waals surface area contributed by atoms with Crippen LogP contribution in [-0.2, 0) is 35.3 Å². The van der Waals surface area contributed by atoms with Crippen molar-refractivity contribution >= 4 is 37.7 Å². The van der Waals surface area contributed by atoms with Crippen LogP contribution < -0.4 is 5.69 Å². The van der Waals surface area contributed by atoms with Crippen LogP contribution in [0.4, 0.5) is 8.78 Å². The van der Waals surface area contributed by atoms with Gasteiger partial charge in [0.2, 0.25) is 5.03 Å². The van der Waals surface area contributed by atoms with Crippen molar-refractivity contribution in [1.29, 1.82) is 0 Å². The Labute approximate surface area is 365 Å². The highest BCUT2D eigenvalue weighted by atomic mass is 32.2. The predicted octanol–water partition coefficient (Wildman–Crippen LogP) is 6.35. The third-order valence-electron chi connectivity index (χ3n) is 12.7. The summed E-state index contributed by atoms with van der Waals surface area (Å²) in [6, 6.07) is 12.8. The van der Waals surface area contributed by atoms with E-state index in [1.807, 2.05) is 12.1 Å². The van der Waals surface area contributed by atoms with Gasteiger partial charge in [-0.1, -0.05) is 6.07 Å². The lowest BCUT2D eigenvalue weighted by atomic mass is 9.83. The molecule has 330 valence electrons. The van der Waals surface area contributed by atoms with Crippen molar-refractivity contribution in [2.24, 2.45) is 14.1 Å². The highest BCUT2D eigenvalue weighted by Crippen LogP contribution is 2.40. The van der Waals surface area contributed by atoms with Gasteiger partial charge in [0.1, 0.15) is 17.3 Å². The zero-order valence-corrected chi connectivity index (χ0v) is 37.1. The first-order valence-corrected chi connectivity index (χ1v) is 22.4. The van der Waals surface area contributed by atoms with Crippen LogP contribution in [0.15, 0.2) is 83.1 Å². The quantitative estimate of drug-likeness (QED) is 0.178. The molecule has 0 bridgehead atoms. The van der Waals surface area contributed by atoms with Gasteiger partial charge >= 0.3 is 5.69 Å². The molecule has 1 fully saturated rings. The number of carbonyl (C=O) groups is 1. The maximum Gasteiger partial charge on any atom is 0.338 e. The number of amides is 1. The topological polar surface area (TPSA) is 162 Å². The first kappa shape index (κ1) is 41.3. The normalized spacial score (nSPS) is 17.7. The van der Waals surface area contributed by atoms with Gasteiger partial charge in [-0.25, -0.2) is 22.2 Å². The Balaban J connectivity index is 1.12. The lowest BCUT2D eigenvalue weighted by molar-refractivity contribution is -0.0592. The minimum Gasteiger partial charge on any atom is -0.376 e. The molecule has 16 nitrogen and oxygen atoms in total. The van der Waals surface area contributed by atoms with E-state index in [0.717, 1.165) is 33.4 Å². The summed E-state index contributed by atoms with van der Waals surface area (Å²) in [4.78, 5) is 32.5. The van der Waals surface area contributed by atoms with Crippen LogP contribution in [0.1, 0.15) is 84.0 Å². The standard InChI is InChI=1S/C45H45F2N11O5S/c1-25-18-31(19-26(2)40(25)46)57-42(56-16-15-55(44(56)60)36-11-10-35-32(41(36)47)23-48-52(35)6)39-27(3)54(14-12-33(39)50-57)43(59)37-21-30-20-28(29-13-17-63-45(4,5)22-29)8-9-34(30)58(37)64(61,62)38-24-49-53(7)51-38/h8-11,15-16,18-21,23-24,27,29H,12-14,17,22H2,1-7H3/t27-,29?/m0/s1. The van der Waals surface area contributed by atoms with E-state index in [1.165, 1.54) is 45.5 Å². The number of hydrogen-bond donors (Lipinski definition) is 0. The molecule has 1 saturated heterocycles. The third kappa shape index (κ3) is 6.42. The van der Waals surface area contributed by atoms with Crippen LogP contribution in [-0.4, -0.2) is 85.6 Å². The molecule has 3 aromatic carbocycles. The molecule has 10 rings (SSSR count). The highest BCUT2D eigenvalue weighted by molar-refractivity contribution is 7.90. The monoisotopic (exact) mass is 889 g/mol. The summed E-state index contributed by atoms with van der Waals surface area (Å²) in [5.41, 5.74) is 3.06. The fourth-order valence-electron chi connectivity index (χ4n) is 9.55. The lowest BCUT2D eigenvalue weighted by Crippen LogP contribution is -2.40. The van der Waals surface area contributed by atoms with Gasteiger partial charge in [-0.05, 0) is 113 Å². The average molecular weight is 890 g/mol. The molecule has 5 aromatic heterocycles. The van der Waals surface area contributed by atoms with Crippen molar-refractivity contribution in [2.75, 3.05) is 13.2 Å². The van der Waals surface area contributed by atoms with Crippen molar-refractivity contribution < 1.29 is 26.7 Å². The maximum absolute atomic E-state index is 16.1. The number of hydrogen-bond acceptors (Lipinski definition) is 9. The number of imidazole rings is 1. The molecule has 2 atom stereocenters. The lowest BCUT2D eigenvalue weighted by Gasteiger charge is -2.35. The van der Waals surface area contributed by atoms with Crippen LogP contribution in [0.2, 0.25) is 0 Å². The highest BCUT2D eigenvalue weighted by Gasteiger charge is 2.39. The minimum absolute atomic E-state index is 0.00309. The largest absolute Gasteiger partial charge is 0.376 e. The summed E-state index contributed by atoms with van der Waals surface area (Å²) in [5, 5.41) is 17.8. The van der Waals surface area contributed by atoms with Gasteiger partial charge in [-0.15, -0.1) is 5.10 Å². The van der Waals surface area contributed by atoms with Crippen molar-refractivity contribution in [3.05, 3.63) is 129 Å². The Bertz CT molecular complexity index is 3380. The predicted molar refractivity (Wildman–Crippen MR) is 233 cm³/mol. The molecule has 8 aromatic rings. The number of ether oxygens (including phenoxy) is 1. The van der Waals surface area contributed by atoms with Crippen molar-refractivity contribution in [3.63, 3.8) is 0 Å². The number of rotatable bonds is 7. The zero-order valence-electron chi connectivity index (χ0n) is 36.2. The Morgan fingerprint density at radius 1 is 0.906 bits per heavy atom. The van der Waals surface area contributed by atoms with Crippen LogP contribution in [0.25, 0.3) is 39.0 Å². The van der Waals surface area contributed by atoms with E-state index in [-0.39, 0.29) is 57.9 Å². The van der Waals surface area contributed by atoms with Crippen LogP contribution in [0.5, 0.6) is 0 Å². The molecule has 0 saturated carbocycles. The fraction of sp³-hybridized carbons (Fsp3) is 0.333. The van der Waals surface area contributed by atoms with Crippen LogP contribution in [0, 0.1) is 25.5 Å². The van der Waals surface area contributed by atoms with E-state index >= 15 is 13.6 Å². The fourth-order valence-corrected chi connectivity index (χ4v) is 11.0. The number of aryl methyl sites for hydroxylation is 4. The second kappa shape index (κ2) is 14.7. The van der Waals surface area contributed by atoms with Crippen molar-refractivity contribution in [1.82, 2.24) is 52.6 Å². The second-order valence-electron chi connectivity index (χ2n) is 17.4. The molecule has 2 aliphatic heterocycles. The third-order valence-corrected chi connectivity index (χ3v) is 14.3. The smallest absolute Gasteiger partial charge is 0.338 e.